The van der Waals surface area contributed by atoms with E-state index in [1.54, 1.807) is 0 Å². The lowest BCUT2D eigenvalue weighted by Crippen LogP contribution is -2.01. The zero-order chi connectivity index (χ0) is 19.8. The van der Waals surface area contributed by atoms with E-state index in [9.17, 15) is 0 Å². The Morgan fingerprint density at radius 2 is 1.18 bits per heavy atom. The lowest BCUT2D eigenvalue weighted by molar-refractivity contribution is 0.317. The molecule has 0 spiro atoms. The number of benzene rings is 2. The standard InChI is InChI=1S/C22H25N3O3/c1-4-14-27-18-10-6-16(7-11-18)20-21(24-25-22(23-20)26-3)17-8-12-19(13-9-17)28-15-5-2/h6-13H,4-5,14-15H2,1-3H3. The first-order chi connectivity index (χ1) is 13.7. The maximum absolute atomic E-state index is 5.66. The molecule has 0 saturated heterocycles. The lowest BCUT2D eigenvalue weighted by Gasteiger charge is -2.11. The van der Waals surface area contributed by atoms with E-state index >= 15 is 0 Å². The Labute approximate surface area is 165 Å². The molecule has 0 aliphatic heterocycles. The van der Waals surface area contributed by atoms with Crippen molar-refractivity contribution in [2.24, 2.45) is 0 Å². The average Bonchev–Trinajstić information content (AvgIpc) is 2.76. The molecule has 0 radical (unpaired) electrons. The van der Waals surface area contributed by atoms with Gasteiger partial charge in [0.2, 0.25) is 0 Å². The van der Waals surface area contributed by atoms with Crippen LogP contribution in [0.25, 0.3) is 22.5 Å². The van der Waals surface area contributed by atoms with Crippen LogP contribution in [0.4, 0.5) is 0 Å². The molecular weight excluding hydrogens is 354 g/mol. The van der Waals surface area contributed by atoms with Crippen molar-refractivity contribution in [1.82, 2.24) is 15.2 Å². The third kappa shape index (κ3) is 4.76. The summed E-state index contributed by atoms with van der Waals surface area (Å²) >= 11 is 0. The number of nitrogens with zero attached hydrogens (tertiary/aromatic N) is 3. The largest absolute Gasteiger partial charge is 0.494 e. The van der Waals surface area contributed by atoms with Gasteiger partial charge in [0.1, 0.15) is 22.9 Å². The molecule has 1 heterocycles. The van der Waals surface area contributed by atoms with Crippen LogP contribution < -0.4 is 14.2 Å². The van der Waals surface area contributed by atoms with E-state index in [1.165, 1.54) is 7.11 Å². The molecule has 28 heavy (non-hydrogen) atoms. The van der Waals surface area contributed by atoms with Crippen molar-refractivity contribution in [2.45, 2.75) is 26.7 Å². The highest BCUT2D eigenvalue weighted by Crippen LogP contribution is 2.31. The monoisotopic (exact) mass is 379 g/mol. The summed E-state index contributed by atoms with van der Waals surface area (Å²) < 4.78 is 16.5. The number of rotatable bonds is 9. The predicted molar refractivity (Wildman–Crippen MR) is 109 cm³/mol. The zero-order valence-corrected chi connectivity index (χ0v) is 16.5. The highest BCUT2D eigenvalue weighted by Gasteiger charge is 2.14. The molecule has 6 heteroatoms. The van der Waals surface area contributed by atoms with Gasteiger partial charge in [-0.25, -0.2) is 0 Å². The van der Waals surface area contributed by atoms with Crippen molar-refractivity contribution in [3.8, 4) is 40.0 Å². The van der Waals surface area contributed by atoms with Crippen LogP contribution in [0.5, 0.6) is 17.5 Å². The minimum atomic E-state index is 0.230. The van der Waals surface area contributed by atoms with Crippen LogP contribution in [0.15, 0.2) is 48.5 Å². The predicted octanol–water partition coefficient (Wildman–Crippen LogP) is 4.79. The van der Waals surface area contributed by atoms with Crippen molar-refractivity contribution in [3.63, 3.8) is 0 Å². The van der Waals surface area contributed by atoms with Gasteiger partial charge >= 0.3 is 6.01 Å². The molecule has 0 aliphatic rings. The van der Waals surface area contributed by atoms with Gasteiger partial charge in [-0.05, 0) is 61.4 Å². The average molecular weight is 379 g/mol. The number of methoxy groups -OCH3 is 1. The third-order valence-electron chi connectivity index (χ3n) is 4.05. The molecule has 2 aromatic carbocycles. The maximum atomic E-state index is 5.66. The highest BCUT2D eigenvalue weighted by atomic mass is 16.5. The van der Waals surface area contributed by atoms with Crippen LogP contribution in [0.3, 0.4) is 0 Å². The minimum absolute atomic E-state index is 0.230. The molecular formula is C22H25N3O3. The number of hydrogen-bond acceptors (Lipinski definition) is 6. The summed E-state index contributed by atoms with van der Waals surface area (Å²) in [6, 6.07) is 15.8. The SMILES string of the molecule is CCCOc1ccc(-c2nnc(OC)nc2-c2ccc(OCCC)cc2)cc1. The number of hydrogen-bond donors (Lipinski definition) is 0. The topological polar surface area (TPSA) is 66.4 Å². The quantitative estimate of drug-likeness (QED) is 0.532. The van der Waals surface area contributed by atoms with Crippen molar-refractivity contribution in [2.75, 3.05) is 20.3 Å². The second-order valence-corrected chi connectivity index (χ2v) is 6.24. The van der Waals surface area contributed by atoms with Gasteiger partial charge in [0.05, 0.1) is 20.3 Å². The minimum Gasteiger partial charge on any atom is -0.494 e. The Morgan fingerprint density at radius 1 is 0.679 bits per heavy atom. The highest BCUT2D eigenvalue weighted by molar-refractivity contribution is 5.78. The molecule has 0 amide bonds. The van der Waals surface area contributed by atoms with Crippen LogP contribution in [0.2, 0.25) is 0 Å². The zero-order valence-electron chi connectivity index (χ0n) is 16.5. The Morgan fingerprint density at radius 3 is 1.64 bits per heavy atom. The van der Waals surface area contributed by atoms with Gasteiger partial charge in [0.15, 0.2) is 0 Å². The van der Waals surface area contributed by atoms with E-state index < -0.39 is 0 Å². The second-order valence-electron chi connectivity index (χ2n) is 6.24. The van der Waals surface area contributed by atoms with E-state index in [-0.39, 0.29) is 6.01 Å². The molecule has 6 nitrogen and oxygen atoms in total. The molecule has 0 N–H and O–H groups in total. The molecule has 0 fully saturated rings. The summed E-state index contributed by atoms with van der Waals surface area (Å²) in [4.78, 5) is 4.53. The van der Waals surface area contributed by atoms with Gasteiger partial charge in [-0.3, -0.25) is 0 Å². The van der Waals surface area contributed by atoms with Gasteiger partial charge in [-0.15, -0.1) is 5.10 Å². The summed E-state index contributed by atoms with van der Waals surface area (Å²) in [7, 11) is 1.53. The van der Waals surface area contributed by atoms with E-state index in [4.69, 9.17) is 14.2 Å². The summed E-state index contributed by atoms with van der Waals surface area (Å²) in [5.41, 5.74) is 3.22. The van der Waals surface area contributed by atoms with E-state index in [0.29, 0.717) is 24.6 Å². The Balaban J connectivity index is 1.94. The first kappa shape index (κ1) is 19.6. The summed E-state index contributed by atoms with van der Waals surface area (Å²) in [6.45, 7) is 5.55. The van der Waals surface area contributed by atoms with Crippen molar-refractivity contribution in [3.05, 3.63) is 48.5 Å². The van der Waals surface area contributed by atoms with Gasteiger partial charge in [-0.2, -0.15) is 4.98 Å². The van der Waals surface area contributed by atoms with E-state index in [1.807, 2.05) is 48.5 Å². The molecule has 0 unspecified atom stereocenters. The molecule has 1 aromatic heterocycles. The molecule has 3 rings (SSSR count). The third-order valence-corrected chi connectivity index (χ3v) is 4.05. The second kappa shape index (κ2) is 9.69. The first-order valence-corrected chi connectivity index (χ1v) is 9.50. The van der Waals surface area contributed by atoms with Gasteiger partial charge in [-0.1, -0.05) is 18.9 Å². The first-order valence-electron chi connectivity index (χ1n) is 9.50. The Hall–Kier alpha value is -3.15. The number of aromatic nitrogens is 3. The fourth-order valence-corrected chi connectivity index (χ4v) is 2.65. The molecule has 146 valence electrons. The molecule has 3 aromatic rings. The van der Waals surface area contributed by atoms with E-state index in [2.05, 4.69) is 29.0 Å². The summed E-state index contributed by atoms with van der Waals surface area (Å²) in [5.74, 6) is 1.66. The van der Waals surface area contributed by atoms with Gasteiger partial charge in [0.25, 0.3) is 0 Å². The van der Waals surface area contributed by atoms with Crippen LogP contribution in [0, 0.1) is 0 Å². The Kier molecular flexibility index (Phi) is 6.78. The van der Waals surface area contributed by atoms with Crippen LogP contribution in [0.1, 0.15) is 26.7 Å². The van der Waals surface area contributed by atoms with Crippen LogP contribution in [-0.4, -0.2) is 35.5 Å². The van der Waals surface area contributed by atoms with Crippen LogP contribution >= 0.6 is 0 Å². The van der Waals surface area contributed by atoms with Crippen molar-refractivity contribution in [1.29, 1.82) is 0 Å². The molecule has 0 atom stereocenters. The smallest absolute Gasteiger partial charge is 0.336 e. The van der Waals surface area contributed by atoms with Crippen molar-refractivity contribution >= 4 is 0 Å². The normalized spacial score (nSPS) is 10.5. The number of ether oxygens (including phenoxy) is 3. The fraction of sp³-hybridized carbons (Fsp3) is 0.318. The van der Waals surface area contributed by atoms with Crippen LogP contribution in [-0.2, 0) is 0 Å². The van der Waals surface area contributed by atoms with Gasteiger partial charge < -0.3 is 14.2 Å². The van der Waals surface area contributed by atoms with Gasteiger partial charge in [0, 0.05) is 11.1 Å². The summed E-state index contributed by atoms with van der Waals surface area (Å²) in [6.07, 6.45) is 1.94. The molecule has 0 aliphatic carbocycles. The molecule has 0 bridgehead atoms. The maximum Gasteiger partial charge on any atom is 0.336 e. The Bertz CT molecular complexity index is 881. The van der Waals surface area contributed by atoms with E-state index in [0.717, 1.165) is 35.5 Å². The summed E-state index contributed by atoms with van der Waals surface area (Å²) in [5, 5.41) is 8.40. The lowest BCUT2D eigenvalue weighted by atomic mass is 10.0. The molecule has 0 saturated carbocycles. The fourth-order valence-electron chi connectivity index (χ4n) is 2.65. The van der Waals surface area contributed by atoms with Crippen molar-refractivity contribution < 1.29 is 14.2 Å².